The maximum Gasteiger partial charge on any atom is 0.272 e. The van der Waals surface area contributed by atoms with Crippen molar-refractivity contribution in [1.82, 2.24) is 35.1 Å². The molecule has 10 heteroatoms. The van der Waals surface area contributed by atoms with Gasteiger partial charge in [-0.1, -0.05) is 39.0 Å². The first-order valence-electron chi connectivity index (χ1n) is 13.4. The summed E-state index contributed by atoms with van der Waals surface area (Å²) in [6.45, 7) is 6.70. The van der Waals surface area contributed by atoms with E-state index in [9.17, 15) is 14.4 Å². The third-order valence-corrected chi connectivity index (χ3v) is 7.75. The van der Waals surface area contributed by atoms with Crippen LogP contribution in [0.2, 0.25) is 0 Å². The fourth-order valence-electron chi connectivity index (χ4n) is 5.65. The Bertz CT molecular complexity index is 1540. The van der Waals surface area contributed by atoms with Crippen molar-refractivity contribution in [2.75, 3.05) is 13.1 Å². The molecule has 0 spiro atoms. The number of para-hydroxylation sites is 1. The van der Waals surface area contributed by atoms with Gasteiger partial charge in [0.25, 0.3) is 11.8 Å². The van der Waals surface area contributed by atoms with E-state index in [-0.39, 0.29) is 29.8 Å². The molecule has 4 aromatic rings. The molecule has 40 heavy (non-hydrogen) atoms. The zero-order valence-corrected chi connectivity index (χ0v) is 22.7. The second kappa shape index (κ2) is 9.86. The highest BCUT2D eigenvalue weighted by Gasteiger charge is 2.50. The molecular weight excluding hydrogens is 506 g/mol. The fraction of sp³-hybridized carbons (Fsp3) is 0.333. The third-order valence-electron chi connectivity index (χ3n) is 7.75. The molecule has 2 fully saturated rings. The topological polar surface area (TPSA) is 124 Å². The number of piperazine rings is 1. The maximum atomic E-state index is 13.8. The molecule has 3 atom stereocenters. The average Bonchev–Trinajstić information content (AvgIpc) is 3.69. The van der Waals surface area contributed by atoms with Crippen LogP contribution in [0.25, 0.3) is 22.3 Å². The van der Waals surface area contributed by atoms with Crippen molar-refractivity contribution in [2.45, 2.75) is 45.3 Å². The Morgan fingerprint density at radius 2 is 1.68 bits per heavy atom. The van der Waals surface area contributed by atoms with Crippen LogP contribution in [0.15, 0.2) is 67.1 Å². The molecule has 5 heterocycles. The summed E-state index contributed by atoms with van der Waals surface area (Å²) in [5.74, 6) is -0.0454. The molecular formula is C30H31N7O3. The van der Waals surface area contributed by atoms with Gasteiger partial charge in [-0.2, -0.15) is 0 Å². The minimum absolute atomic E-state index is 0.0922. The van der Waals surface area contributed by atoms with E-state index in [1.807, 2.05) is 54.8 Å². The summed E-state index contributed by atoms with van der Waals surface area (Å²) in [4.78, 5) is 59.9. The van der Waals surface area contributed by atoms with Gasteiger partial charge in [-0.3, -0.25) is 19.4 Å². The number of amides is 3. The van der Waals surface area contributed by atoms with Crippen molar-refractivity contribution in [2.24, 2.45) is 5.41 Å². The van der Waals surface area contributed by atoms with E-state index in [2.05, 4.69) is 25.3 Å². The highest BCUT2D eigenvalue weighted by Crippen LogP contribution is 2.34. The smallest absolute Gasteiger partial charge is 0.272 e. The lowest BCUT2D eigenvalue weighted by Crippen LogP contribution is -2.59. The molecule has 10 nitrogen and oxygen atoms in total. The first kappa shape index (κ1) is 25.7. The molecule has 0 aliphatic carbocycles. The monoisotopic (exact) mass is 537 g/mol. The van der Waals surface area contributed by atoms with Crippen LogP contribution in [0.3, 0.4) is 0 Å². The number of likely N-dealkylation sites (tertiary alicyclic amines) is 2. The quantitative estimate of drug-likeness (QED) is 0.403. The van der Waals surface area contributed by atoms with E-state index in [0.29, 0.717) is 36.7 Å². The molecule has 6 rings (SSSR count). The van der Waals surface area contributed by atoms with Gasteiger partial charge in [-0.05, 0) is 42.2 Å². The second-order valence-corrected chi connectivity index (χ2v) is 11.5. The van der Waals surface area contributed by atoms with Gasteiger partial charge in [0.1, 0.15) is 17.4 Å². The van der Waals surface area contributed by atoms with E-state index < -0.39 is 11.5 Å². The number of hydrogen-bond donors (Lipinski definition) is 2. The van der Waals surface area contributed by atoms with E-state index in [1.54, 1.807) is 42.9 Å². The van der Waals surface area contributed by atoms with E-state index in [0.717, 1.165) is 16.5 Å². The summed E-state index contributed by atoms with van der Waals surface area (Å²) in [6.07, 6.45) is 5.64. The number of aromatic amines is 1. The Kier molecular flexibility index (Phi) is 6.32. The van der Waals surface area contributed by atoms with E-state index >= 15 is 0 Å². The molecule has 2 N–H and O–H groups in total. The maximum absolute atomic E-state index is 13.8. The Balaban J connectivity index is 1.13. The number of pyridine rings is 1. The number of nitrogens with one attached hydrogen (secondary N) is 2. The van der Waals surface area contributed by atoms with Crippen LogP contribution in [0, 0.1) is 5.41 Å². The highest BCUT2D eigenvalue weighted by molar-refractivity contribution is 6.00. The lowest BCUT2D eigenvalue weighted by molar-refractivity contribution is -0.138. The Morgan fingerprint density at radius 1 is 0.950 bits per heavy atom. The minimum atomic E-state index is -0.718. The number of benzene rings is 1. The van der Waals surface area contributed by atoms with Crippen LogP contribution in [0.4, 0.5) is 0 Å². The molecule has 204 valence electrons. The van der Waals surface area contributed by atoms with Crippen LogP contribution < -0.4 is 5.32 Å². The summed E-state index contributed by atoms with van der Waals surface area (Å²) in [5, 5.41) is 3.92. The number of rotatable bonds is 5. The van der Waals surface area contributed by atoms with Crippen LogP contribution in [0.1, 0.15) is 48.2 Å². The predicted molar refractivity (Wildman–Crippen MR) is 149 cm³/mol. The van der Waals surface area contributed by atoms with Crippen molar-refractivity contribution < 1.29 is 14.4 Å². The first-order valence-corrected chi connectivity index (χ1v) is 13.4. The number of aromatic nitrogens is 4. The Morgan fingerprint density at radius 3 is 2.33 bits per heavy atom. The molecule has 1 aromatic carbocycles. The van der Waals surface area contributed by atoms with Gasteiger partial charge >= 0.3 is 0 Å². The van der Waals surface area contributed by atoms with E-state index in [1.165, 1.54) is 0 Å². The van der Waals surface area contributed by atoms with Gasteiger partial charge in [0.2, 0.25) is 5.91 Å². The van der Waals surface area contributed by atoms with Crippen LogP contribution in [-0.4, -0.2) is 78.7 Å². The molecule has 2 aliphatic heterocycles. The minimum Gasteiger partial charge on any atom is -0.351 e. The summed E-state index contributed by atoms with van der Waals surface area (Å²) in [5.41, 5.74) is 1.86. The molecule has 3 amide bonds. The first-order chi connectivity index (χ1) is 19.2. The van der Waals surface area contributed by atoms with Crippen molar-refractivity contribution in [1.29, 1.82) is 0 Å². The zero-order chi connectivity index (χ0) is 28.0. The predicted octanol–water partition coefficient (Wildman–Crippen LogP) is 3.29. The van der Waals surface area contributed by atoms with Gasteiger partial charge in [-0.25, -0.2) is 9.97 Å². The normalized spacial score (nSPS) is 19.2. The number of H-pyrrole nitrogens is 1. The van der Waals surface area contributed by atoms with Gasteiger partial charge in [-0.15, -0.1) is 0 Å². The zero-order valence-electron chi connectivity index (χ0n) is 22.7. The summed E-state index contributed by atoms with van der Waals surface area (Å²) < 4.78 is 0. The lowest BCUT2D eigenvalue weighted by atomic mass is 9.85. The van der Waals surface area contributed by atoms with Crippen molar-refractivity contribution in [3.63, 3.8) is 0 Å². The summed E-state index contributed by atoms with van der Waals surface area (Å²) in [7, 11) is 0. The molecule has 3 aromatic heterocycles. The number of nitrogens with zero attached hydrogens (tertiary/aromatic N) is 5. The standard InChI is InChI=1S/C30H31N7O3/c1-30(2,3)25(35-27(38)24-13-18-7-4-5-8-22(18)34-24)29(40)37-17-20-14-21(37)16-36(20)28(39)23-10-9-19(15-33-23)26-31-11-6-12-32-26/h4-13,15,20-21,25,34H,14,16-17H2,1-3H3,(H,35,38)/t20-,21?,25+/m0/s1. The van der Waals surface area contributed by atoms with E-state index in [4.69, 9.17) is 0 Å². The number of carbonyl (C=O) groups is 3. The fourth-order valence-corrected chi connectivity index (χ4v) is 5.65. The highest BCUT2D eigenvalue weighted by atomic mass is 16.2. The van der Waals surface area contributed by atoms with Crippen molar-refractivity contribution >= 4 is 28.6 Å². The lowest BCUT2D eigenvalue weighted by Gasteiger charge is -2.39. The Hall–Kier alpha value is -4.60. The molecule has 1 unspecified atom stereocenters. The van der Waals surface area contributed by atoms with Gasteiger partial charge in [0.15, 0.2) is 5.82 Å². The van der Waals surface area contributed by atoms with Crippen LogP contribution in [-0.2, 0) is 4.79 Å². The number of hydrogen-bond acceptors (Lipinski definition) is 6. The van der Waals surface area contributed by atoms with Crippen molar-refractivity contribution in [3.8, 4) is 11.4 Å². The molecule has 2 bridgehead atoms. The van der Waals surface area contributed by atoms with Crippen molar-refractivity contribution in [3.05, 3.63) is 78.5 Å². The Labute approximate surface area is 231 Å². The SMILES string of the molecule is CC(C)(C)[C@H](NC(=O)c1cc2ccccc2[nH]1)C(=O)N1C[C@@H]2CC1CN2C(=O)c1ccc(-c2ncccn2)cn1. The van der Waals surface area contributed by atoms with Crippen LogP contribution in [0.5, 0.6) is 0 Å². The largest absolute Gasteiger partial charge is 0.351 e. The number of carbonyl (C=O) groups excluding carboxylic acids is 3. The molecule has 2 aliphatic rings. The molecule has 0 radical (unpaired) electrons. The third kappa shape index (κ3) is 4.70. The van der Waals surface area contributed by atoms with Gasteiger partial charge in [0.05, 0.1) is 12.1 Å². The summed E-state index contributed by atoms with van der Waals surface area (Å²) in [6, 6.07) is 13.8. The average molecular weight is 538 g/mol. The van der Waals surface area contributed by atoms with Crippen LogP contribution >= 0.6 is 0 Å². The van der Waals surface area contributed by atoms with Gasteiger partial charge < -0.3 is 20.1 Å². The summed E-state index contributed by atoms with van der Waals surface area (Å²) >= 11 is 0. The number of fused-ring (bicyclic) bond motifs is 3. The molecule has 2 saturated heterocycles. The molecule has 0 saturated carbocycles. The second-order valence-electron chi connectivity index (χ2n) is 11.5. The van der Waals surface area contributed by atoms with Gasteiger partial charge in [0, 0.05) is 48.1 Å².